The Morgan fingerprint density at radius 1 is 0.362 bits per heavy atom. The topological polar surface area (TPSA) is 89.8 Å². The second kappa shape index (κ2) is 59.1. The van der Waals surface area contributed by atoms with Crippen LogP contribution in [0.15, 0.2) is 36.5 Å². The Kier molecular flexibility index (Phi) is 57.9. The molecule has 5 nitrogen and oxygen atoms in total. The summed E-state index contributed by atoms with van der Waals surface area (Å²) < 4.78 is 0. The Morgan fingerprint density at radius 2 is 0.623 bits per heavy atom. The molecule has 0 heterocycles. The highest BCUT2D eigenvalue weighted by Crippen LogP contribution is 2.18. The van der Waals surface area contributed by atoms with Crippen LogP contribution < -0.4 is 5.32 Å². The third-order valence-electron chi connectivity index (χ3n) is 14.7. The van der Waals surface area contributed by atoms with Crippen LogP contribution in [0.25, 0.3) is 0 Å². The molecule has 0 aliphatic heterocycles. The molecule has 0 aromatic heterocycles. The van der Waals surface area contributed by atoms with Crippen LogP contribution in [0.1, 0.15) is 341 Å². The highest BCUT2D eigenvalue weighted by atomic mass is 16.3. The number of carbonyl (C=O) groups excluding carboxylic acids is 1. The fourth-order valence-corrected chi connectivity index (χ4v) is 9.90. The van der Waals surface area contributed by atoms with Gasteiger partial charge in [-0.2, -0.15) is 0 Å². The van der Waals surface area contributed by atoms with E-state index in [0.29, 0.717) is 12.8 Å². The number of hydrogen-bond donors (Lipinski definition) is 4. The predicted octanol–water partition coefficient (Wildman–Crippen LogP) is 19.8. The van der Waals surface area contributed by atoms with Gasteiger partial charge >= 0.3 is 0 Å². The summed E-state index contributed by atoms with van der Waals surface area (Å²) in [6, 6.07) is -0.826. The molecule has 69 heavy (non-hydrogen) atoms. The van der Waals surface area contributed by atoms with E-state index in [-0.39, 0.29) is 12.5 Å². The van der Waals surface area contributed by atoms with Gasteiger partial charge in [-0.3, -0.25) is 4.79 Å². The number of allylic oxidation sites excluding steroid dienone is 6. The molecule has 0 aromatic rings. The van der Waals surface area contributed by atoms with E-state index in [0.717, 1.165) is 44.9 Å². The molecule has 0 aliphatic carbocycles. The predicted molar refractivity (Wildman–Crippen MR) is 305 cm³/mol. The standard InChI is InChI=1S/C64H123NO4/c1-3-5-7-9-11-13-15-17-19-21-23-25-27-28-29-30-31-32-33-34-35-36-37-39-41-43-45-47-49-51-53-55-57-59-63(68)65-61(60-66)64(69)62(67)58-56-54-52-50-48-46-44-42-40-38-26-24-22-20-18-16-14-12-10-8-6-4-2/h23,25,28-29,50,52,61-62,64,66-67,69H,3-22,24,26-27,30-49,51,53-60H2,1-2H3,(H,65,68)/b25-23-,29-28-,52-50+. The fraction of sp³-hybridized carbons (Fsp3) is 0.891. The Morgan fingerprint density at radius 3 is 0.928 bits per heavy atom. The van der Waals surface area contributed by atoms with Crippen LogP contribution >= 0.6 is 0 Å². The third kappa shape index (κ3) is 54.2. The van der Waals surface area contributed by atoms with Gasteiger partial charge in [0.25, 0.3) is 0 Å². The van der Waals surface area contributed by atoms with Crippen molar-refractivity contribution in [3.8, 4) is 0 Å². The largest absolute Gasteiger partial charge is 0.394 e. The summed E-state index contributed by atoms with van der Waals surface area (Å²) >= 11 is 0. The van der Waals surface area contributed by atoms with Gasteiger partial charge in [0, 0.05) is 6.42 Å². The molecule has 0 saturated carbocycles. The van der Waals surface area contributed by atoms with E-state index < -0.39 is 18.2 Å². The summed E-state index contributed by atoms with van der Waals surface area (Å²) in [7, 11) is 0. The van der Waals surface area contributed by atoms with Crippen molar-refractivity contribution in [2.24, 2.45) is 0 Å². The van der Waals surface area contributed by atoms with Gasteiger partial charge in [-0.05, 0) is 70.6 Å². The molecule has 0 bridgehead atoms. The molecule has 3 unspecified atom stereocenters. The lowest BCUT2D eigenvalue weighted by atomic mass is 10.0. The fourth-order valence-electron chi connectivity index (χ4n) is 9.90. The number of hydrogen-bond acceptors (Lipinski definition) is 4. The highest BCUT2D eigenvalue weighted by Gasteiger charge is 2.26. The summed E-state index contributed by atoms with van der Waals surface area (Å²) in [6.07, 6.45) is 77.6. The second-order valence-corrected chi connectivity index (χ2v) is 21.6. The minimum atomic E-state index is -1.16. The first kappa shape index (κ1) is 67.6. The summed E-state index contributed by atoms with van der Waals surface area (Å²) in [4.78, 5) is 12.5. The van der Waals surface area contributed by atoms with Gasteiger partial charge < -0.3 is 20.6 Å². The van der Waals surface area contributed by atoms with E-state index >= 15 is 0 Å². The van der Waals surface area contributed by atoms with Crippen molar-refractivity contribution in [3.63, 3.8) is 0 Å². The molecule has 0 aromatic carbocycles. The second-order valence-electron chi connectivity index (χ2n) is 21.6. The highest BCUT2D eigenvalue weighted by molar-refractivity contribution is 5.76. The van der Waals surface area contributed by atoms with Crippen LogP contribution in [0.3, 0.4) is 0 Å². The van der Waals surface area contributed by atoms with Crippen LogP contribution in [-0.2, 0) is 4.79 Å². The molecule has 0 rings (SSSR count). The van der Waals surface area contributed by atoms with E-state index in [1.54, 1.807) is 0 Å². The quantitative estimate of drug-likeness (QED) is 0.0361. The van der Waals surface area contributed by atoms with Crippen molar-refractivity contribution >= 4 is 5.91 Å². The number of unbranched alkanes of at least 4 members (excludes halogenated alkanes) is 44. The average Bonchev–Trinajstić information content (AvgIpc) is 3.35. The smallest absolute Gasteiger partial charge is 0.220 e. The first-order chi connectivity index (χ1) is 34.1. The van der Waals surface area contributed by atoms with E-state index in [2.05, 4.69) is 55.6 Å². The van der Waals surface area contributed by atoms with Crippen LogP contribution in [0, 0.1) is 0 Å². The normalized spacial score (nSPS) is 13.4. The summed E-state index contributed by atoms with van der Waals surface area (Å²) in [5, 5.41) is 33.8. The maximum absolute atomic E-state index is 12.5. The molecular weight excluding hydrogens is 847 g/mol. The maximum atomic E-state index is 12.5. The third-order valence-corrected chi connectivity index (χ3v) is 14.7. The lowest BCUT2D eigenvalue weighted by Crippen LogP contribution is -2.50. The van der Waals surface area contributed by atoms with Crippen LogP contribution in [-0.4, -0.2) is 46.1 Å². The van der Waals surface area contributed by atoms with Gasteiger partial charge in [0.05, 0.1) is 18.8 Å². The Bertz CT molecular complexity index is 1070. The van der Waals surface area contributed by atoms with E-state index in [9.17, 15) is 20.1 Å². The molecule has 3 atom stereocenters. The molecule has 0 saturated heterocycles. The maximum Gasteiger partial charge on any atom is 0.220 e. The van der Waals surface area contributed by atoms with Crippen LogP contribution in [0.4, 0.5) is 0 Å². The molecule has 0 radical (unpaired) electrons. The molecule has 4 N–H and O–H groups in total. The van der Waals surface area contributed by atoms with E-state index in [1.165, 1.54) is 270 Å². The lowest BCUT2D eigenvalue weighted by Gasteiger charge is -2.26. The zero-order valence-corrected chi connectivity index (χ0v) is 46.7. The van der Waals surface area contributed by atoms with Gasteiger partial charge in [0.2, 0.25) is 5.91 Å². The van der Waals surface area contributed by atoms with Crippen molar-refractivity contribution in [1.29, 1.82) is 0 Å². The van der Waals surface area contributed by atoms with Crippen LogP contribution in [0.2, 0.25) is 0 Å². The number of aliphatic hydroxyl groups is 3. The van der Waals surface area contributed by atoms with E-state index in [1.807, 2.05) is 0 Å². The van der Waals surface area contributed by atoms with Crippen molar-refractivity contribution in [1.82, 2.24) is 5.32 Å². The van der Waals surface area contributed by atoms with Gasteiger partial charge in [0.15, 0.2) is 0 Å². The minimum absolute atomic E-state index is 0.149. The zero-order chi connectivity index (χ0) is 50.0. The first-order valence-corrected chi connectivity index (χ1v) is 31.3. The van der Waals surface area contributed by atoms with Gasteiger partial charge in [-0.1, -0.05) is 301 Å². The van der Waals surface area contributed by atoms with Crippen molar-refractivity contribution in [2.45, 2.75) is 360 Å². The molecule has 0 aliphatic rings. The lowest BCUT2D eigenvalue weighted by molar-refractivity contribution is -0.124. The molecule has 1 amide bonds. The van der Waals surface area contributed by atoms with Crippen molar-refractivity contribution in [3.05, 3.63) is 36.5 Å². The molecule has 0 fully saturated rings. The number of amides is 1. The number of carbonyl (C=O) groups is 1. The summed E-state index contributed by atoms with van der Waals surface area (Å²) in [5.41, 5.74) is 0. The van der Waals surface area contributed by atoms with Crippen molar-refractivity contribution in [2.75, 3.05) is 6.61 Å². The van der Waals surface area contributed by atoms with Gasteiger partial charge in [0.1, 0.15) is 6.10 Å². The average molecular weight is 971 g/mol. The van der Waals surface area contributed by atoms with Gasteiger partial charge in [-0.25, -0.2) is 0 Å². The number of aliphatic hydroxyl groups excluding tert-OH is 3. The zero-order valence-electron chi connectivity index (χ0n) is 46.7. The molecular formula is C64H123NO4. The monoisotopic (exact) mass is 970 g/mol. The molecule has 408 valence electrons. The SMILES string of the molecule is CCCCCCCCCCC/C=C\C/C=C\CCCCCCCCCCCCCCCCCCCC(=O)NC(CO)C(O)C(O)CCC/C=C/CCCCCCCCCCCCCCCCCCC. The van der Waals surface area contributed by atoms with Crippen LogP contribution in [0.5, 0.6) is 0 Å². The summed E-state index contributed by atoms with van der Waals surface area (Å²) in [6.45, 7) is 4.21. The van der Waals surface area contributed by atoms with Crippen molar-refractivity contribution < 1.29 is 20.1 Å². The number of rotatable bonds is 58. The Hall–Kier alpha value is -1.43. The Balaban J connectivity index is 3.52. The number of nitrogens with one attached hydrogen (secondary N) is 1. The van der Waals surface area contributed by atoms with E-state index in [4.69, 9.17) is 0 Å². The minimum Gasteiger partial charge on any atom is -0.394 e. The Labute approximate surface area is 432 Å². The van der Waals surface area contributed by atoms with Gasteiger partial charge in [-0.15, -0.1) is 0 Å². The first-order valence-electron chi connectivity index (χ1n) is 31.3. The molecule has 0 spiro atoms. The molecule has 5 heteroatoms. The summed E-state index contributed by atoms with van der Waals surface area (Å²) in [5.74, 6) is -0.149.